The van der Waals surface area contributed by atoms with Gasteiger partial charge in [-0.25, -0.2) is 10.9 Å². The van der Waals surface area contributed by atoms with E-state index in [-0.39, 0.29) is 12.5 Å². The molecule has 0 unspecified atom stereocenters. The molecule has 4 N–H and O–H groups in total. The third-order valence-corrected chi connectivity index (χ3v) is 1.03. The standard InChI is InChI=1S/C4H11N3O/c1-3-6-7-4(2-5)8-3/h3-4,6-7H,2,5H2,1H3/t3-,4+/m0/s1. The van der Waals surface area contributed by atoms with E-state index in [1.807, 2.05) is 6.92 Å². The summed E-state index contributed by atoms with van der Waals surface area (Å²) in [5.41, 5.74) is 11.0. The molecule has 4 heteroatoms. The van der Waals surface area contributed by atoms with Crippen LogP contribution >= 0.6 is 0 Å². The van der Waals surface area contributed by atoms with Crippen molar-refractivity contribution in [2.75, 3.05) is 6.54 Å². The van der Waals surface area contributed by atoms with Crippen molar-refractivity contribution in [2.24, 2.45) is 5.73 Å². The largest absolute Gasteiger partial charge is 0.342 e. The third kappa shape index (κ3) is 1.16. The van der Waals surface area contributed by atoms with Crippen LogP contribution in [0.4, 0.5) is 0 Å². The summed E-state index contributed by atoms with van der Waals surface area (Å²) >= 11 is 0. The van der Waals surface area contributed by atoms with Crippen LogP contribution in [-0.4, -0.2) is 19.0 Å². The van der Waals surface area contributed by atoms with Gasteiger partial charge in [0.15, 0.2) is 0 Å². The molecule has 8 heavy (non-hydrogen) atoms. The topological polar surface area (TPSA) is 59.3 Å². The molecule has 48 valence electrons. The average molecular weight is 117 g/mol. The first-order chi connectivity index (χ1) is 3.83. The zero-order valence-corrected chi connectivity index (χ0v) is 4.85. The zero-order valence-electron chi connectivity index (χ0n) is 4.85. The van der Waals surface area contributed by atoms with Crippen LogP contribution in [-0.2, 0) is 4.74 Å². The van der Waals surface area contributed by atoms with E-state index in [9.17, 15) is 0 Å². The van der Waals surface area contributed by atoms with Gasteiger partial charge in [-0.2, -0.15) is 0 Å². The molecule has 0 radical (unpaired) electrons. The van der Waals surface area contributed by atoms with Gasteiger partial charge in [-0.3, -0.25) is 0 Å². The lowest BCUT2D eigenvalue weighted by atomic mass is 10.6. The van der Waals surface area contributed by atoms with Crippen molar-refractivity contribution in [3.05, 3.63) is 0 Å². The Morgan fingerprint density at radius 3 is 2.62 bits per heavy atom. The minimum absolute atomic E-state index is 0.00926. The van der Waals surface area contributed by atoms with E-state index in [1.54, 1.807) is 0 Å². The number of ether oxygens (including phenoxy) is 1. The zero-order chi connectivity index (χ0) is 5.98. The second-order valence-electron chi connectivity index (χ2n) is 1.79. The highest BCUT2D eigenvalue weighted by atomic mass is 16.5. The Labute approximate surface area is 48.4 Å². The monoisotopic (exact) mass is 117 g/mol. The summed E-state index contributed by atoms with van der Waals surface area (Å²) in [6, 6.07) is 0. The van der Waals surface area contributed by atoms with Gasteiger partial charge in [0.05, 0.1) is 0 Å². The number of nitrogens with two attached hydrogens (primary N) is 1. The maximum absolute atomic E-state index is 5.27. The van der Waals surface area contributed by atoms with Crippen molar-refractivity contribution in [1.82, 2.24) is 10.9 Å². The van der Waals surface area contributed by atoms with E-state index in [0.29, 0.717) is 6.54 Å². The summed E-state index contributed by atoms with van der Waals surface area (Å²) in [4.78, 5) is 0. The van der Waals surface area contributed by atoms with Crippen LogP contribution in [0, 0.1) is 0 Å². The van der Waals surface area contributed by atoms with Crippen molar-refractivity contribution in [3.8, 4) is 0 Å². The predicted molar refractivity (Wildman–Crippen MR) is 29.7 cm³/mol. The molecule has 0 aromatic carbocycles. The Balaban J connectivity index is 2.22. The van der Waals surface area contributed by atoms with Crippen LogP contribution in [0.2, 0.25) is 0 Å². The van der Waals surface area contributed by atoms with Gasteiger partial charge >= 0.3 is 0 Å². The summed E-state index contributed by atoms with van der Waals surface area (Å²) in [7, 11) is 0. The molecule has 0 aromatic rings. The molecule has 1 heterocycles. The van der Waals surface area contributed by atoms with Crippen LogP contribution < -0.4 is 16.6 Å². The maximum Gasteiger partial charge on any atom is 0.134 e. The lowest BCUT2D eigenvalue weighted by Gasteiger charge is -2.03. The molecule has 2 atom stereocenters. The number of rotatable bonds is 1. The van der Waals surface area contributed by atoms with Gasteiger partial charge < -0.3 is 10.5 Å². The van der Waals surface area contributed by atoms with E-state index in [4.69, 9.17) is 10.5 Å². The lowest BCUT2D eigenvalue weighted by molar-refractivity contribution is 0.0516. The van der Waals surface area contributed by atoms with Crippen LogP contribution in [0.3, 0.4) is 0 Å². The van der Waals surface area contributed by atoms with Crippen molar-refractivity contribution < 1.29 is 4.74 Å². The SMILES string of the molecule is C[C@H]1NN[C@@H](CN)O1. The second-order valence-corrected chi connectivity index (χ2v) is 1.79. The van der Waals surface area contributed by atoms with E-state index in [2.05, 4.69) is 10.9 Å². The average Bonchev–Trinajstić information content (AvgIpc) is 2.14. The summed E-state index contributed by atoms with van der Waals surface area (Å²) in [6.45, 7) is 2.43. The highest BCUT2D eigenvalue weighted by Crippen LogP contribution is 1.95. The van der Waals surface area contributed by atoms with E-state index in [0.717, 1.165) is 0 Å². The van der Waals surface area contributed by atoms with Gasteiger partial charge in [0.1, 0.15) is 12.5 Å². The number of nitrogens with one attached hydrogen (secondary N) is 2. The summed E-state index contributed by atoms with van der Waals surface area (Å²) in [5.74, 6) is 0. The van der Waals surface area contributed by atoms with Crippen LogP contribution in [0.25, 0.3) is 0 Å². The molecule has 1 rings (SSSR count). The minimum atomic E-state index is -0.00926. The lowest BCUT2D eigenvalue weighted by Crippen LogP contribution is -2.36. The normalized spacial score (nSPS) is 38.2. The molecule has 0 aliphatic carbocycles. The predicted octanol–water partition coefficient (Wildman–Crippen LogP) is -1.26. The molecule has 0 amide bonds. The number of hydrogen-bond acceptors (Lipinski definition) is 4. The molecule has 0 aromatic heterocycles. The molecule has 4 nitrogen and oxygen atoms in total. The highest BCUT2D eigenvalue weighted by molar-refractivity contribution is 4.61. The Hall–Kier alpha value is -0.160. The molecular formula is C4H11N3O. The molecule has 1 saturated heterocycles. The van der Waals surface area contributed by atoms with Gasteiger partial charge in [0.2, 0.25) is 0 Å². The molecular weight excluding hydrogens is 106 g/mol. The number of hydrazine groups is 1. The molecule has 0 saturated carbocycles. The first kappa shape index (κ1) is 5.97. The van der Waals surface area contributed by atoms with Crippen molar-refractivity contribution in [1.29, 1.82) is 0 Å². The molecule has 1 aliphatic heterocycles. The first-order valence-corrected chi connectivity index (χ1v) is 2.69. The van der Waals surface area contributed by atoms with E-state index < -0.39 is 0 Å². The van der Waals surface area contributed by atoms with Crippen molar-refractivity contribution in [2.45, 2.75) is 19.4 Å². The maximum atomic E-state index is 5.27. The van der Waals surface area contributed by atoms with Crippen LogP contribution in [0.1, 0.15) is 6.92 Å². The quantitative estimate of drug-likeness (QED) is 0.401. The molecule has 1 aliphatic rings. The fraction of sp³-hybridized carbons (Fsp3) is 1.00. The Kier molecular flexibility index (Phi) is 1.80. The smallest absolute Gasteiger partial charge is 0.134 e. The second kappa shape index (κ2) is 2.41. The Morgan fingerprint density at radius 2 is 2.38 bits per heavy atom. The summed E-state index contributed by atoms with van der Waals surface area (Å²) in [6.07, 6.45) is 0.0774. The van der Waals surface area contributed by atoms with Gasteiger partial charge in [0, 0.05) is 6.54 Å². The van der Waals surface area contributed by atoms with Crippen molar-refractivity contribution >= 4 is 0 Å². The van der Waals surface area contributed by atoms with Gasteiger partial charge in [-0.15, -0.1) is 0 Å². The Morgan fingerprint density at radius 1 is 1.62 bits per heavy atom. The minimum Gasteiger partial charge on any atom is -0.342 e. The van der Waals surface area contributed by atoms with E-state index in [1.165, 1.54) is 0 Å². The van der Waals surface area contributed by atoms with Gasteiger partial charge in [-0.05, 0) is 6.92 Å². The van der Waals surface area contributed by atoms with E-state index >= 15 is 0 Å². The van der Waals surface area contributed by atoms with Crippen molar-refractivity contribution in [3.63, 3.8) is 0 Å². The molecule has 0 spiro atoms. The first-order valence-electron chi connectivity index (χ1n) is 2.69. The fourth-order valence-corrected chi connectivity index (χ4v) is 0.639. The van der Waals surface area contributed by atoms with Gasteiger partial charge in [0.25, 0.3) is 0 Å². The Bertz CT molecular complexity index is 77.7. The van der Waals surface area contributed by atoms with Crippen LogP contribution in [0.5, 0.6) is 0 Å². The fourth-order valence-electron chi connectivity index (χ4n) is 0.639. The third-order valence-electron chi connectivity index (χ3n) is 1.03. The molecule has 0 bridgehead atoms. The highest BCUT2D eigenvalue weighted by Gasteiger charge is 2.17. The van der Waals surface area contributed by atoms with Gasteiger partial charge in [-0.1, -0.05) is 0 Å². The molecule has 1 fully saturated rings. The number of hydrogen-bond donors (Lipinski definition) is 3. The summed E-state index contributed by atoms with van der Waals surface area (Å²) in [5, 5.41) is 0. The van der Waals surface area contributed by atoms with Crippen LogP contribution in [0.15, 0.2) is 0 Å². The summed E-state index contributed by atoms with van der Waals surface area (Å²) < 4.78 is 5.16.